The Morgan fingerprint density at radius 2 is 1.55 bits per heavy atom. The minimum absolute atomic E-state index is 0.0725. The average molecular weight is 418 g/mol. The van der Waals surface area contributed by atoms with Gasteiger partial charge >= 0.3 is 0 Å². The van der Waals surface area contributed by atoms with Crippen molar-refractivity contribution >= 4 is 0 Å². The quantitative estimate of drug-likeness (QED) is 0.348. The predicted molar refractivity (Wildman–Crippen MR) is 129 cm³/mol. The van der Waals surface area contributed by atoms with E-state index in [1.165, 1.54) is 56.1 Å². The van der Waals surface area contributed by atoms with Gasteiger partial charge in [-0.1, -0.05) is 76.6 Å². The zero-order valence-electron chi connectivity index (χ0n) is 19.6. The van der Waals surface area contributed by atoms with Gasteiger partial charge < -0.3 is 0 Å². The van der Waals surface area contributed by atoms with Gasteiger partial charge in [-0.25, -0.2) is 9.97 Å². The zero-order valence-corrected chi connectivity index (χ0v) is 19.6. The molecule has 0 bridgehead atoms. The largest absolute Gasteiger partial charge is 0.236 e. The van der Waals surface area contributed by atoms with Crippen molar-refractivity contribution in [2.75, 3.05) is 0 Å². The van der Waals surface area contributed by atoms with Gasteiger partial charge in [-0.3, -0.25) is 0 Å². The van der Waals surface area contributed by atoms with Gasteiger partial charge in [-0.05, 0) is 62.0 Å². The third kappa shape index (κ3) is 6.63. The number of nitriles is 1. The molecule has 0 saturated heterocycles. The second-order valence-corrected chi connectivity index (χ2v) is 9.47. The molecule has 1 aliphatic rings. The van der Waals surface area contributed by atoms with Crippen LogP contribution in [-0.4, -0.2) is 9.97 Å². The first-order valence-electron chi connectivity index (χ1n) is 12.5. The zero-order chi connectivity index (χ0) is 21.9. The monoisotopic (exact) mass is 417 g/mol. The lowest BCUT2D eigenvalue weighted by Crippen LogP contribution is -2.25. The molecule has 0 radical (unpaired) electrons. The van der Waals surface area contributed by atoms with Gasteiger partial charge in [-0.2, -0.15) is 5.26 Å². The Labute approximate surface area is 189 Å². The molecule has 0 amide bonds. The van der Waals surface area contributed by atoms with Crippen molar-refractivity contribution in [3.05, 3.63) is 47.8 Å². The van der Waals surface area contributed by atoms with Crippen molar-refractivity contribution in [2.45, 2.75) is 103 Å². The standard InChI is InChI=1S/C28H39N3/c1-3-5-7-9-17-28(22-29)18-15-25(16-19-28)24-11-13-26(14-12-24)27-30-20-23(21-31-27)10-8-6-4-2/h11-14,20-21,25H,3-10,15-19H2,1-2H3. The van der Waals surface area contributed by atoms with Crippen LogP contribution in [0.5, 0.6) is 0 Å². The lowest BCUT2D eigenvalue weighted by Gasteiger charge is -2.35. The number of benzene rings is 1. The third-order valence-electron chi connectivity index (χ3n) is 7.10. The molecule has 3 rings (SSSR count). The summed E-state index contributed by atoms with van der Waals surface area (Å²) >= 11 is 0. The van der Waals surface area contributed by atoms with Crippen LogP contribution in [0.15, 0.2) is 36.7 Å². The molecule has 1 saturated carbocycles. The number of aromatic nitrogens is 2. The molecule has 1 aromatic heterocycles. The van der Waals surface area contributed by atoms with E-state index in [-0.39, 0.29) is 5.41 Å². The van der Waals surface area contributed by atoms with Crippen LogP contribution in [0.4, 0.5) is 0 Å². The molecule has 0 atom stereocenters. The van der Waals surface area contributed by atoms with Crippen LogP contribution in [0.3, 0.4) is 0 Å². The molecule has 166 valence electrons. The van der Waals surface area contributed by atoms with E-state index in [1.807, 2.05) is 12.4 Å². The first-order chi connectivity index (χ1) is 15.2. The van der Waals surface area contributed by atoms with E-state index in [2.05, 4.69) is 54.2 Å². The number of hydrogen-bond donors (Lipinski definition) is 0. The van der Waals surface area contributed by atoms with Crippen molar-refractivity contribution in [3.63, 3.8) is 0 Å². The average Bonchev–Trinajstić information content (AvgIpc) is 2.83. The van der Waals surface area contributed by atoms with Gasteiger partial charge in [0.1, 0.15) is 0 Å². The molecule has 0 N–H and O–H groups in total. The summed E-state index contributed by atoms with van der Waals surface area (Å²) in [5, 5.41) is 9.83. The molecule has 31 heavy (non-hydrogen) atoms. The maximum Gasteiger partial charge on any atom is 0.159 e. The molecule has 3 nitrogen and oxygen atoms in total. The van der Waals surface area contributed by atoms with Gasteiger partial charge in [0.25, 0.3) is 0 Å². The Morgan fingerprint density at radius 3 is 2.16 bits per heavy atom. The predicted octanol–water partition coefficient (Wildman–Crippen LogP) is 8.01. The van der Waals surface area contributed by atoms with Crippen molar-refractivity contribution in [1.29, 1.82) is 5.26 Å². The SMILES string of the molecule is CCCCCCC1(C#N)CCC(c2ccc(-c3ncc(CCCCC)cn3)cc2)CC1. The maximum atomic E-state index is 9.83. The highest BCUT2D eigenvalue weighted by molar-refractivity contribution is 5.55. The van der Waals surface area contributed by atoms with Gasteiger partial charge in [0.05, 0.1) is 11.5 Å². The van der Waals surface area contributed by atoms with Crippen LogP contribution in [0.1, 0.15) is 108 Å². The van der Waals surface area contributed by atoms with Gasteiger partial charge in [-0.15, -0.1) is 0 Å². The fraction of sp³-hybridized carbons (Fsp3) is 0.607. The lowest BCUT2D eigenvalue weighted by molar-refractivity contribution is 0.223. The number of nitrogens with zero attached hydrogens (tertiary/aromatic N) is 3. The van der Waals surface area contributed by atoms with Crippen molar-refractivity contribution in [1.82, 2.24) is 9.97 Å². The fourth-order valence-corrected chi connectivity index (χ4v) is 4.93. The Kier molecular flexibility index (Phi) is 9.07. The van der Waals surface area contributed by atoms with E-state index < -0.39 is 0 Å². The summed E-state index contributed by atoms with van der Waals surface area (Å²) in [7, 11) is 0. The number of aryl methyl sites for hydroxylation is 1. The second-order valence-electron chi connectivity index (χ2n) is 9.47. The first kappa shape index (κ1) is 23.5. The minimum Gasteiger partial charge on any atom is -0.236 e. The molecule has 1 heterocycles. The molecule has 1 aromatic carbocycles. The number of rotatable bonds is 11. The molecular formula is C28H39N3. The Morgan fingerprint density at radius 1 is 0.903 bits per heavy atom. The molecule has 2 aromatic rings. The number of unbranched alkanes of at least 4 members (excludes halogenated alkanes) is 5. The maximum absolute atomic E-state index is 9.83. The van der Waals surface area contributed by atoms with E-state index in [0.29, 0.717) is 5.92 Å². The van der Waals surface area contributed by atoms with Crippen LogP contribution in [-0.2, 0) is 6.42 Å². The van der Waals surface area contributed by atoms with Crippen molar-refractivity contribution < 1.29 is 0 Å². The lowest BCUT2D eigenvalue weighted by atomic mass is 9.67. The summed E-state index contributed by atoms with van der Waals surface area (Å²) in [6.07, 6.45) is 19.2. The topological polar surface area (TPSA) is 49.6 Å². The van der Waals surface area contributed by atoms with E-state index >= 15 is 0 Å². The van der Waals surface area contributed by atoms with E-state index in [4.69, 9.17) is 0 Å². The molecule has 0 spiro atoms. The van der Waals surface area contributed by atoms with E-state index in [1.54, 1.807) is 0 Å². The summed E-state index contributed by atoms with van der Waals surface area (Å²) in [6, 6.07) is 11.5. The minimum atomic E-state index is -0.0725. The second kappa shape index (κ2) is 12.0. The fourth-order valence-electron chi connectivity index (χ4n) is 4.93. The highest BCUT2D eigenvalue weighted by Gasteiger charge is 2.35. The molecule has 0 unspecified atom stereocenters. The van der Waals surface area contributed by atoms with Crippen LogP contribution >= 0.6 is 0 Å². The molecular weight excluding hydrogens is 378 g/mol. The normalized spacial score (nSPS) is 21.0. The number of hydrogen-bond acceptors (Lipinski definition) is 3. The van der Waals surface area contributed by atoms with Crippen LogP contribution < -0.4 is 0 Å². The molecule has 1 fully saturated rings. The van der Waals surface area contributed by atoms with E-state index in [0.717, 1.165) is 49.9 Å². The highest BCUT2D eigenvalue weighted by Crippen LogP contribution is 2.45. The smallest absolute Gasteiger partial charge is 0.159 e. The Balaban J connectivity index is 1.54. The molecule has 3 heteroatoms. The Bertz CT molecular complexity index is 809. The first-order valence-corrected chi connectivity index (χ1v) is 12.5. The summed E-state index contributed by atoms with van der Waals surface area (Å²) in [5.74, 6) is 1.39. The van der Waals surface area contributed by atoms with Crippen LogP contribution in [0.25, 0.3) is 11.4 Å². The summed E-state index contributed by atoms with van der Waals surface area (Å²) < 4.78 is 0. The molecule has 1 aliphatic carbocycles. The summed E-state index contributed by atoms with van der Waals surface area (Å²) in [4.78, 5) is 9.19. The van der Waals surface area contributed by atoms with Gasteiger partial charge in [0, 0.05) is 18.0 Å². The van der Waals surface area contributed by atoms with Gasteiger partial charge in [0.2, 0.25) is 0 Å². The Hall–Kier alpha value is -2.21. The van der Waals surface area contributed by atoms with E-state index in [9.17, 15) is 5.26 Å². The van der Waals surface area contributed by atoms with Crippen molar-refractivity contribution in [2.24, 2.45) is 5.41 Å². The molecule has 0 aliphatic heterocycles. The van der Waals surface area contributed by atoms with Crippen LogP contribution in [0, 0.1) is 16.7 Å². The highest BCUT2D eigenvalue weighted by atomic mass is 14.9. The van der Waals surface area contributed by atoms with Gasteiger partial charge in [0.15, 0.2) is 5.82 Å². The third-order valence-corrected chi connectivity index (χ3v) is 7.10. The van der Waals surface area contributed by atoms with Crippen molar-refractivity contribution in [3.8, 4) is 17.5 Å². The van der Waals surface area contributed by atoms with Crippen LogP contribution in [0.2, 0.25) is 0 Å². The summed E-state index contributed by atoms with van der Waals surface area (Å²) in [6.45, 7) is 4.47. The summed E-state index contributed by atoms with van der Waals surface area (Å²) in [5.41, 5.74) is 3.64.